The molecule has 140 valence electrons. The van der Waals surface area contributed by atoms with Gasteiger partial charge in [0.05, 0.1) is 17.9 Å². The summed E-state index contributed by atoms with van der Waals surface area (Å²) < 4.78 is 44.6. The van der Waals surface area contributed by atoms with Gasteiger partial charge in [0, 0.05) is 6.20 Å². The van der Waals surface area contributed by atoms with Crippen LogP contribution in [0.25, 0.3) is 0 Å². The molecule has 1 heterocycles. The first-order valence-electron chi connectivity index (χ1n) is 7.71. The summed E-state index contributed by atoms with van der Waals surface area (Å²) in [6, 6.07) is 7.16. The highest BCUT2D eigenvalue weighted by Crippen LogP contribution is 2.29. The smallest absolute Gasteiger partial charge is 0.417 e. The number of pyridine rings is 1. The van der Waals surface area contributed by atoms with E-state index >= 15 is 0 Å². The Morgan fingerprint density at radius 2 is 2.00 bits per heavy atom. The molecule has 0 unspecified atom stereocenters. The fourth-order valence-corrected chi connectivity index (χ4v) is 2.35. The molecule has 26 heavy (non-hydrogen) atoms. The van der Waals surface area contributed by atoms with Crippen LogP contribution in [0.5, 0.6) is 5.75 Å². The lowest BCUT2D eigenvalue weighted by molar-refractivity contribution is -0.138. The van der Waals surface area contributed by atoms with E-state index < -0.39 is 34.8 Å². The molecule has 9 heteroatoms. The number of halogens is 4. The predicted molar refractivity (Wildman–Crippen MR) is 91.6 cm³/mol. The second-order valence-corrected chi connectivity index (χ2v) is 5.81. The lowest BCUT2D eigenvalue weighted by atomic mass is 10.2. The Kier molecular flexibility index (Phi) is 6.31. The van der Waals surface area contributed by atoms with Crippen molar-refractivity contribution in [2.75, 3.05) is 11.9 Å². The van der Waals surface area contributed by atoms with Gasteiger partial charge in [-0.3, -0.25) is 9.59 Å². The minimum atomic E-state index is -4.68. The van der Waals surface area contributed by atoms with Crippen LogP contribution in [-0.2, 0) is 17.5 Å². The summed E-state index contributed by atoms with van der Waals surface area (Å²) >= 11 is 5.57. The zero-order valence-electron chi connectivity index (χ0n) is 13.8. The first-order chi connectivity index (χ1) is 12.2. The van der Waals surface area contributed by atoms with Crippen LogP contribution >= 0.6 is 11.6 Å². The summed E-state index contributed by atoms with van der Waals surface area (Å²) in [5.74, 6) is -0.257. The normalized spacial score (nSPS) is 11.3. The largest absolute Gasteiger partial charge is 0.491 e. The lowest BCUT2D eigenvalue weighted by Crippen LogP contribution is -2.29. The van der Waals surface area contributed by atoms with E-state index in [1.165, 1.54) is 0 Å². The van der Waals surface area contributed by atoms with Crippen LogP contribution in [0, 0.1) is 0 Å². The molecule has 0 aliphatic rings. The quantitative estimate of drug-likeness (QED) is 0.815. The number of anilines is 1. The second-order valence-electron chi connectivity index (χ2n) is 5.40. The summed E-state index contributed by atoms with van der Waals surface area (Å²) in [7, 11) is 0. The van der Waals surface area contributed by atoms with Gasteiger partial charge >= 0.3 is 6.18 Å². The molecule has 1 N–H and O–H groups in total. The summed E-state index contributed by atoms with van der Waals surface area (Å²) in [5, 5.41) is 1.91. The third-order valence-electron chi connectivity index (χ3n) is 3.31. The number of para-hydroxylation sites is 2. The van der Waals surface area contributed by atoms with E-state index in [0.717, 1.165) is 6.42 Å². The van der Waals surface area contributed by atoms with E-state index in [9.17, 15) is 22.8 Å². The number of carbonyl (C=O) groups excluding carboxylic acids is 1. The first kappa shape index (κ1) is 19.8. The van der Waals surface area contributed by atoms with Crippen LogP contribution in [-0.4, -0.2) is 17.1 Å². The van der Waals surface area contributed by atoms with E-state index in [1.807, 2.05) is 6.92 Å². The van der Waals surface area contributed by atoms with Gasteiger partial charge in [0.25, 0.3) is 5.56 Å². The maximum Gasteiger partial charge on any atom is 0.417 e. The van der Waals surface area contributed by atoms with E-state index in [4.69, 9.17) is 16.3 Å². The molecule has 1 aromatic carbocycles. The van der Waals surface area contributed by atoms with Crippen molar-refractivity contribution in [3.8, 4) is 5.75 Å². The molecule has 0 saturated heterocycles. The molecular formula is C17H16ClF3N2O3. The molecule has 0 bridgehead atoms. The van der Waals surface area contributed by atoms with Gasteiger partial charge in [-0.1, -0.05) is 30.7 Å². The average molecular weight is 389 g/mol. The number of alkyl halides is 3. The lowest BCUT2D eigenvalue weighted by Gasteiger charge is -2.14. The Bertz CT molecular complexity index is 850. The number of hydrogen-bond donors (Lipinski definition) is 1. The van der Waals surface area contributed by atoms with Crippen molar-refractivity contribution in [2.45, 2.75) is 26.1 Å². The molecule has 0 spiro atoms. The minimum absolute atomic E-state index is 0.358. The molecule has 5 nitrogen and oxygen atoms in total. The fourth-order valence-electron chi connectivity index (χ4n) is 2.12. The summed E-state index contributed by atoms with van der Waals surface area (Å²) in [6.07, 6.45) is -3.36. The molecule has 0 aliphatic carbocycles. The van der Waals surface area contributed by atoms with Crippen LogP contribution in [0.3, 0.4) is 0 Å². The average Bonchev–Trinajstić information content (AvgIpc) is 2.57. The zero-order chi connectivity index (χ0) is 19.3. The molecular weight excluding hydrogens is 373 g/mol. The van der Waals surface area contributed by atoms with Crippen molar-refractivity contribution >= 4 is 23.2 Å². The maximum absolute atomic E-state index is 12.8. The number of nitrogens with zero attached hydrogens (tertiary/aromatic N) is 1. The van der Waals surface area contributed by atoms with Gasteiger partial charge in [-0.25, -0.2) is 0 Å². The van der Waals surface area contributed by atoms with Crippen LogP contribution < -0.4 is 15.6 Å². The van der Waals surface area contributed by atoms with E-state index in [0.29, 0.717) is 34.9 Å². The third kappa shape index (κ3) is 5.01. The Morgan fingerprint density at radius 1 is 1.31 bits per heavy atom. The monoisotopic (exact) mass is 388 g/mol. The molecule has 2 rings (SSSR count). The number of hydrogen-bond acceptors (Lipinski definition) is 3. The number of aromatic nitrogens is 1. The number of amides is 1. The molecule has 0 saturated carbocycles. The van der Waals surface area contributed by atoms with Crippen LogP contribution in [0.15, 0.2) is 41.3 Å². The number of benzene rings is 1. The SMILES string of the molecule is CCCOc1ccccc1NC(=O)Cn1cc(C(F)(F)F)cc(Cl)c1=O. The van der Waals surface area contributed by atoms with Gasteiger partial charge in [0.2, 0.25) is 5.91 Å². The van der Waals surface area contributed by atoms with Gasteiger partial charge in [0.1, 0.15) is 17.3 Å². The molecule has 0 fully saturated rings. The molecule has 2 aromatic rings. The number of nitrogens with one attached hydrogen (secondary N) is 1. The van der Waals surface area contributed by atoms with Crippen LogP contribution in [0.2, 0.25) is 5.02 Å². The van der Waals surface area contributed by atoms with Crippen molar-refractivity contribution in [1.82, 2.24) is 4.57 Å². The summed E-state index contributed by atoms with van der Waals surface area (Å²) in [4.78, 5) is 24.1. The van der Waals surface area contributed by atoms with Crippen molar-refractivity contribution < 1.29 is 22.7 Å². The van der Waals surface area contributed by atoms with Crippen molar-refractivity contribution in [3.05, 3.63) is 57.5 Å². The fraction of sp³-hybridized carbons (Fsp3) is 0.294. The van der Waals surface area contributed by atoms with E-state index in [-0.39, 0.29) is 0 Å². The standard InChI is InChI=1S/C17H16ClF3N2O3/c1-2-7-26-14-6-4-3-5-13(14)22-15(24)10-23-9-11(17(19,20)21)8-12(18)16(23)25/h3-6,8-9H,2,7,10H2,1H3,(H,22,24). The molecule has 0 radical (unpaired) electrons. The number of ether oxygens (including phenoxy) is 1. The summed E-state index contributed by atoms with van der Waals surface area (Å²) in [5.41, 5.74) is -1.64. The molecule has 1 aromatic heterocycles. The van der Waals surface area contributed by atoms with E-state index in [2.05, 4.69) is 5.32 Å². The van der Waals surface area contributed by atoms with Gasteiger partial charge in [-0.15, -0.1) is 0 Å². The topological polar surface area (TPSA) is 60.3 Å². The van der Waals surface area contributed by atoms with Gasteiger partial charge in [-0.05, 0) is 24.6 Å². The van der Waals surface area contributed by atoms with Gasteiger partial charge in [0.15, 0.2) is 0 Å². The Labute approximate surface area is 152 Å². The minimum Gasteiger partial charge on any atom is -0.491 e. The van der Waals surface area contributed by atoms with Crippen LogP contribution in [0.4, 0.5) is 18.9 Å². The predicted octanol–water partition coefficient (Wildman–Crippen LogP) is 3.95. The van der Waals surface area contributed by atoms with Gasteiger partial charge in [-0.2, -0.15) is 13.2 Å². The highest BCUT2D eigenvalue weighted by molar-refractivity contribution is 6.30. The molecule has 0 atom stereocenters. The third-order valence-corrected chi connectivity index (χ3v) is 3.58. The second kappa shape index (κ2) is 8.27. The Morgan fingerprint density at radius 3 is 2.65 bits per heavy atom. The first-order valence-corrected chi connectivity index (χ1v) is 8.09. The van der Waals surface area contributed by atoms with E-state index in [1.54, 1.807) is 24.3 Å². The molecule has 0 aliphatic heterocycles. The number of carbonyl (C=O) groups is 1. The van der Waals surface area contributed by atoms with Crippen molar-refractivity contribution in [1.29, 1.82) is 0 Å². The Balaban J connectivity index is 2.21. The number of rotatable bonds is 6. The van der Waals surface area contributed by atoms with Gasteiger partial charge < -0.3 is 14.6 Å². The maximum atomic E-state index is 12.8. The molecule has 1 amide bonds. The van der Waals surface area contributed by atoms with Crippen LogP contribution in [0.1, 0.15) is 18.9 Å². The highest BCUT2D eigenvalue weighted by atomic mass is 35.5. The van der Waals surface area contributed by atoms with Crippen molar-refractivity contribution in [2.24, 2.45) is 0 Å². The summed E-state index contributed by atoms with van der Waals surface area (Å²) in [6.45, 7) is 1.74. The highest BCUT2D eigenvalue weighted by Gasteiger charge is 2.32. The Hall–Kier alpha value is -2.48. The zero-order valence-corrected chi connectivity index (χ0v) is 14.5. The van der Waals surface area contributed by atoms with Crippen molar-refractivity contribution in [3.63, 3.8) is 0 Å².